The Morgan fingerprint density at radius 1 is 1.57 bits per heavy atom. The van der Waals surface area contributed by atoms with E-state index in [-0.39, 0.29) is 5.91 Å². The Morgan fingerprint density at radius 3 is 2.79 bits per heavy atom. The monoisotopic (exact) mass is 195 g/mol. The zero-order valence-electron chi connectivity index (χ0n) is 8.99. The quantitative estimate of drug-likeness (QED) is 0.738. The molecule has 1 heterocycles. The molecular formula is C11H17NO2. The van der Waals surface area contributed by atoms with Crippen LogP contribution in [0.25, 0.3) is 0 Å². The molecule has 0 radical (unpaired) electrons. The fraction of sp³-hybridized carbons (Fsp3) is 0.545. The second kappa shape index (κ2) is 4.84. The number of hydrogen-bond donors (Lipinski definition) is 0. The molecule has 0 aromatic carbocycles. The summed E-state index contributed by atoms with van der Waals surface area (Å²) in [4.78, 5) is 13.3. The SMILES string of the molecule is CC(C)CC(=O)N(C)Cc1ccco1. The summed E-state index contributed by atoms with van der Waals surface area (Å²) < 4.78 is 5.17. The minimum atomic E-state index is 0.163. The van der Waals surface area contributed by atoms with Crippen molar-refractivity contribution in [3.05, 3.63) is 24.2 Å². The number of nitrogens with zero attached hydrogens (tertiary/aromatic N) is 1. The van der Waals surface area contributed by atoms with Crippen LogP contribution in [-0.4, -0.2) is 17.9 Å². The van der Waals surface area contributed by atoms with Gasteiger partial charge in [-0.3, -0.25) is 4.79 Å². The van der Waals surface area contributed by atoms with Crippen LogP contribution in [0.3, 0.4) is 0 Å². The first-order valence-electron chi connectivity index (χ1n) is 4.86. The van der Waals surface area contributed by atoms with E-state index in [1.54, 1.807) is 18.2 Å². The highest BCUT2D eigenvalue weighted by Gasteiger charge is 2.11. The van der Waals surface area contributed by atoms with Gasteiger partial charge in [0.25, 0.3) is 0 Å². The van der Waals surface area contributed by atoms with Gasteiger partial charge in [0.1, 0.15) is 5.76 Å². The lowest BCUT2D eigenvalue weighted by Gasteiger charge is -2.16. The zero-order valence-corrected chi connectivity index (χ0v) is 8.99. The topological polar surface area (TPSA) is 33.5 Å². The van der Waals surface area contributed by atoms with E-state index in [2.05, 4.69) is 0 Å². The Kier molecular flexibility index (Phi) is 3.74. The molecular weight excluding hydrogens is 178 g/mol. The Bertz CT molecular complexity index is 277. The molecule has 0 unspecified atom stereocenters. The van der Waals surface area contributed by atoms with Gasteiger partial charge in [-0.1, -0.05) is 13.8 Å². The average Bonchev–Trinajstić information content (AvgIpc) is 2.55. The van der Waals surface area contributed by atoms with Crippen molar-refractivity contribution in [3.63, 3.8) is 0 Å². The molecule has 14 heavy (non-hydrogen) atoms. The third kappa shape index (κ3) is 3.24. The Morgan fingerprint density at radius 2 is 2.29 bits per heavy atom. The summed E-state index contributed by atoms with van der Waals surface area (Å²) in [5, 5.41) is 0. The molecule has 0 fully saturated rings. The van der Waals surface area contributed by atoms with Crippen LogP contribution in [0.15, 0.2) is 22.8 Å². The molecule has 1 aromatic heterocycles. The van der Waals surface area contributed by atoms with Crippen molar-refractivity contribution in [1.82, 2.24) is 4.90 Å². The van der Waals surface area contributed by atoms with Crippen LogP contribution >= 0.6 is 0 Å². The predicted octanol–water partition coefficient (Wildman–Crippen LogP) is 2.28. The second-order valence-corrected chi connectivity index (χ2v) is 3.93. The summed E-state index contributed by atoms with van der Waals surface area (Å²) in [6.45, 7) is 4.63. The van der Waals surface area contributed by atoms with Crippen molar-refractivity contribution in [2.75, 3.05) is 7.05 Å². The van der Waals surface area contributed by atoms with Crippen molar-refractivity contribution in [2.45, 2.75) is 26.8 Å². The molecule has 0 atom stereocenters. The second-order valence-electron chi connectivity index (χ2n) is 3.93. The van der Waals surface area contributed by atoms with Crippen molar-refractivity contribution in [2.24, 2.45) is 5.92 Å². The number of furan rings is 1. The van der Waals surface area contributed by atoms with E-state index in [9.17, 15) is 4.79 Å². The summed E-state index contributed by atoms with van der Waals surface area (Å²) in [6.07, 6.45) is 2.22. The van der Waals surface area contributed by atoms with Crippen LogP contribution in [0.5, 0.6) is 0 Å². The lowest BCUT2D eigenvalue weighted by Crippen LogP contribution is -2.26. The maximum Gasteiger partial charge on any atom is 0.222 e. The fourth-order valence-electron chi connectivity index (χ4n) is 1.23. The maximum atomic E-state index is 11.6. The van der Waals surface area contributed by atoms with Gasteiger partial charge in [0.15, 0.2) is 0 Å². The molecule has 0 spiro atoms. The molecule has 1 amide bonds. The molecule has 3 heteroatoms. The summed E-state index contributed by atoms with van der Waals surface area (Å²) in [5.41, 5.74) is 0. The molecule has 1 aromatic rings. The molecule has 1 rings (SSSR count). The van der Waals surface area contributed by atoms with Crippen LogP contribution in [-0.2, 0) is 11.3 Å². The van der Waals surface area contributed by atoms with Crippen molar-refractivity contribution in [3.8, 4) is 0 Å². The summed E-state index contributed by atoms with van der Waals surface area (Å²) in [5.74, 6) is 1.39. The highest BCUT2D eigenvalue weighted by Crippen LogP contribution is 2.07. The average molecular weight is 195 g/mol. The molecule has 0 bridgehead atoms. The fourth-order valence-corrected chi connectivity index (χ4v) is 1.23. The van der Waals surface area contributed by atoms with Crippen LogP contribution in [0.2, 0.25) is 0 Å². The molecule has 0 saturated heterocycles. The number of carbonyl (C=O) groups excluding carboxylic acids is 1. The third-order valence-electron chi connectivity index (χ3n) is 1.98. The first kappa shape index (κ1) is 10.8. The van der Waals surface area contributed by atoms with Crippen molar-refractivity contribution in [1.29, 1.82) is 0 Å². The first-order valence-corrected chi connectivity index (χ1v) is 4.86. The highest BCUT2D eigenvalue weighted by atomic mass is 16.3. The van der Waals surface area contributed by atoms with Gasteiger partial charge < -0.3 is 9.32 Å². The summed E-state index contributed by atoms with van der Waals surface area (Å²) in [7, 11) is 1.80. The number of carbonyl (C=O) groups is 1. The Labute approximate surface area is 84.7 Å². The van der Waals surface area contributed by atoms with Crippen LogP contribution in [0.4, 0.5) is 0 Å². The van der Waals surface area contributed by atoms with E-state index >= 15 is 0 Å². The molecule has 3 nitrogen and oxygen atoms in total. The number of hydrogen-bond acceptors (Lipinski definition) is 2. The number of rotatable bonds is 4. The van der Waals surface area contributed by atoms with Gasteiger partial charge in [-0.15, -0.1) is 0 Å². The molecule has 0 aliphatic carbocycles. The van der Waals surface area contributed by atoms with Gasteiger partial charge in [0.05, 0.1) is 12.8 Å². The van der Waals surface area contributed by atoms with Crippen LogP contribution < -0.4 is 0 Å². The normalized spacial score (nSPS) is 10.6. The Balaban J connectivity index is 2.42. The third-order valence-corrected chi connectivity index (χ3v) is 1.98. The van der Waals surface area contributed by atoms with Crippen molar-refractivity contribution >= 4 is 5.91 Å². The summed E-state index contributed by atoms with van der Waals surface area (Å²) >= 11 is 0. The van der Waals surface area contributed by atoms with Gasteiger partial charge in [-0.25, -0.2) is 0 Å². The van der Waals surface area contributed by atoms with E-state index in [4.69, 9.17) is 4.42 Å². The minimum Gasteiger partial charge on any atom is -0.467 e. The molecule has 78 valence electrons. The maximum absolute atomic E-state index is 11.6. The van der Waals surface area contributed by atoms with Crippen LogP contribution in [0.1, 0.15) is 26.0 Å². The predicted molar refractivity (Wildman–Crippen MR) is 54.6 cm³/mol. The zero-order chi connectivity index (χ0) is 10.6. The van der Waals surface area contributed by atoms with Crippen LogP contribution in [0, 0.1) is 5.92 Å². The van der Waals surface area contributed by atoms with E-state index in [1.165, 1.54) is 0 Å². The van der Waals surface area contributed by atoms with Gasteiger partial charge >= 0.3 is 0 Å². The molecule has 0 aliphatic rings. The van der Waals surface area contributed by atoms with E-state index in [0.29, 0.717) is 18.9 Å². The first-order chi connectivity index (χ1) is 6.59. The van der Waals surface area contributed by atoms with E-state index < -0.39 is 0 Å². The molecule has 0 N–H and O–H groups in total. The van der Waals surface area contributed by atoms with Gasteiger partial charge in [0, 0.05) is 13.5 Å². The molecule has 0 aliphatic heterocycles. The van der Waals surface area contributed by atoms with Gasteiger partial charge in [0.2, 0.25) is 5.91 Å². The van der Waals surface area contributed by atoms with E-state index in [1.807, 2.05) is 26.0 Å². The van der Waals surface area contributed by atoms with Gasteiger partial charge in [-0.05, 0) is 18.1 Å². The minimum absolute atomic E-state index is 0.163. The van der Waals surface area contributed by atoms with E-state index in [0.717, 1.165) is 5.76 Å². The lowest BCUT2D eigenvalue weighted by atomic mass is 10.1. The number of amides is 1. The molecule has 0 saturated carbocycles. The smallest absolute Gasteiger partial charge is 0.222 e. The van der Waals surface area contributed by atoms with Crippen molar-refractivity contribution < 1.29 is 9.21 Å². The lowest BCUT2D eigenvalue weighted by molar-refractivity contribution is -0.131. The largest absolute Gasteiger partial charge is 0.467 e. The highest BCUT2D eigenvalue weighted by molar-refractivity contribution is 5.75. The Hall–Kier alpha value is -1.25. The summed E-state index contributed by atoms with van der Waals surface area (Å²) in [6, 6.07) is 3.70. The van der Waals surface area contributed by atoms with Gasteiger partial charge in [-0.2, -0.15) is 0 Å². The standard InChI is InChI=1S/C11H17NO2/c1-9(2)7-11(13)12(3)8-10-5-4-6-14-10/h4-6,9H,7-8H2,1-3H3.